The molecule has 4 rings (SSSR count). The molecule has 2 aliphatic rings. The molecule has 0 spiro atoms. The van der Waals surface area contributed by atoms with Gasteiger partial charge in [0.2, 0.25) is 0 Å². The van der Waals surface area contributed by atoms with Gasteiger partial charge in [0.25, 0.3) is 0 Å². The van der Waals surface area contributed by atoms with Gasteiger partial charge in [-0.3, -0.25) is 0 Å². The minimum Gasteiger partial charge on any atom is -0.313 e. The highest BCUT2D eigenvalue weighted by Crippen LogP contribution is 2.42. The summed E-state index contributed by atoms with van der Waals surface area (Å²) in [6.07, 6.45) is 2.15. The number of hydrogen-bond acceptors (Lipinski definition) is 3. The van der Waals surface area contributed by atoms with Gasteiger partial charge in [-0.05, 0) is 48.2 Å². The van der Waals surface area contributed by atoms with Crippen LogP contribution in [0.25, 0.3) is 5.70 Å². The molecule has 0 saturated heterocycles. The Morgan fingerprint density at radius 3 is 2.48 bits per heavy atom. The fourth-order valence-electron chi connectivity index (χ4n) is 2.91. The predicted molar refractivity (Wildman–Crippen MR) is 109 cm³/mol. The van der Waals surface area contributed by atoms with Crippen LogP contribution >= 0.6 is 46.6 Å². The molecule has 0 fully saturated rings. The first kappa shape index (κ1) is 17.0. The van der Waals surface area contributed by atoms with Crippen molar-refractivity contribution in [1.82, 2.24) is 4.90 Å². The predicted octanol–water partition coefficient (Wildman–Crippen LogP) is 7.01. The van der Waals surface area contributed by atoms with Gasteiger partial charge in [-0.2, -0.15) is 0 Å². The molecule has 0 aliphatic carbocycles. The number of nitrogens with zero attached hydrogens (tertiary/aromatic N) is 2. The zero-order valence-corrected chi connectivity index (χ0v) is 16.3. The van der Waals surface area contributed by atoms with Crippen molar-refractivity contribution in [3.05, 3.63) is 85.8 Å². The van der Waals surface area contributed by atoms with E-state index >= 15 is 0 Å². The van der Waals surface area contributed by atoms with Gasteiger partial charge in [0.05, 0.1) is 21.8 Å². The smallest absolute Gasteiger partial charge is 0.173 e. The molecular formula is C19H13Cl3N2S. The zero-order valence-electron chi connectivity index (χ0n) is 13.2. The van der Waals surface area contributed by atoms with E-state index in [2.05, 4.69) is 35.4 Å². The van der Waals surface area contributed by atoms with Crippen molar-refractivity contribution in [2.24, 2.45) is 4.99 Å². The van der Waals surface area contributed by atoms with Crippen molar-refractivity contribution in [3.63, 3.8) is 0 Å². The molecule has 2 aromatic carbocycles. The number of halogens is 3. The van der Waals surface area contributed by atoms with E-state index in [0.29, 0.717) is 10.0 Å². The van der Waals surface area contributed by atoms with Gasteiger partial charge in [0.15, 0.2) is 5.17 Å². The molecule has 2 aromatic rings. The van der Waals surface area contributed by atoms with Crippen LogP contribution in [0.3, 0.4) is 0 Å². The maximum atomic E-state index is 6.19. The maximum absolute atomic E-state index is 6.19. The van der Waals surface area contributed by atoms with Gasteiger partial charge < -0.3 is 4.90 Å². The van der Waals surface area contributed by atoms with E-state index in [1.165, 1.54) is 5.70 Å². The normalized spacial score (nSPS) is 19.3. The van der Waals surface area contributed by atoms with Gasteiger partial charge in [0.1, 0.15) is 0 Å². The summed E-state index contributed by atoms with van der Waals surface area (Å²) in [5.41, 5.74) is 4.17. The maximum Gasteiger partial charge on any atom is 0.173 e. The number of hydrogen-bond donors (Lipinski definition) is 0. The summed E-state index contributed by atoms with van der Waals surface area (Å²) in [5, 5.41) is 4.87. The van der Waals surface area contributed by atoms with Gasteiger partial charge in [-0.1, -0.05) is 64.8 Å². The minimum absolute atomic E-state index is 0.0560. The Morgan fingerprint density at radius 1 is 1.00 bits per heavy atom. The van der Waals surface area contributed by atoms with E-state index in [0.717, 1.165) is 27.0 Å². The van der Waals surface area contributed by atoms with Crippen molar-refractivity contribution in [3.8, 4) is 0 Å². The van der Waals surface area contributed by atoms with Crippen molar-refractivity contribution >= 4 is 57.4 Å². The van der Waals surface area contributed by atoms with Gasteiger partial charge >= 0.3 is 0 Å². The molecule has 0 radical (unpaired) electrons. The Bertz CT molecular complexity index is 932. The average molecular weight is 408 g/mol. The molecule has 6 heteroatoms. The average Bonchev–Trinajstić information content (AvgIpc) is 2.98. The van der Waals surface area contributed by atoms with Gasteiger partial charge in [-0.25, -0.2) is 4.99 Å². The first-order valence-corrected chi connectivity index (χ1v) is 9.68. The first-order chi connectivity index (χ1) is 12.0. The number of rotatable bonds is 2. The molecule has 2 aliphatic heterocycles. The molecule has 1 unspecified atom stereocenters. The molecular weight excluding hydrogens is 395 g/mol. The van der Waals surface area contributed by atoms with Crippen LogP contribution in [0.4, 0.5) is 0 Å². The third-order valence-electron chi connectivity index (χ3n) is 4.16. The lowest BCUT2D eigenvalue weighted by Gasteiger charge is -2.32. The number of amidine groups is 1. The first-order valence-electron chi connectivity index (χ1n) is 7.67. The van der Waals surface area contributed by atoms with Crippen LogP contribution in [0.1, 0.15) is 24.1 Å². The van der Waals surface area contributed by atoms with Crippen LogP contribution in [0.2, 0.25) is 15.1 Å². The molecule has 0 N–H and O–H groups in total. The minimum atomic E-state index is 0.0560. The number of aliphatic imine (C=N–C) groups is 1. The van der Waals surface area contributed by atoms with Crippen LogP contribution in [0, 0.1) is 0 Å². The van der Waals surface area contributed by atoms with E-state index in [9.17, 15) is 0 Å². The van der Waals surface area contributed by atoms with Gasteiger partial charge in [-0.15, -0.1) is 0 Å². The van der Waals surface area contributed by atoms with Crippen molar-refractivity contribution < 1.29 is 0 Å². The van der Waals surface area contributed by atoms with E-state index < -0.39 is 0 Å². The van der Waals surface area contributed by atoms with Crippen LogP contribution in [-0.2, 0) is 0 Å². The van der Waals surface area contributed by atoms with E-state index in [1.807, 2.05) is 24.3 Å². The highest BCUT2D eigenvalue weighted by atomic mass is 35.5. The topological polar surface area (TPSA) is 15.6 Å². The summed E-state index contributed by atoms with van der Waals surface area (Å²) in [6, 6.07) is 13.6. The summed E-state index contributed by atoms with van der Waals surface area (Å²) in [5.74, 6) is 0. The summed E-state index contributed by atoms with van der Waals surface area (Å²) < 4.78 is 0. The fraction of sp³-hybridized carbons (Fsp3) is 0.105. The van der Waals surface area contributed by atoms with E-state index in [-0.39, 0.29) is 6.04 Å². The lowest BCUT2D eigenvalue weighted by atomic mass is 10.0. The van der Waals surface area contributed by atoms with Crippen molar-refractivity contribution in [2.75, 3.05) is 0 Å². The third-order valence-corrected chi connectivity index (χ3v) is 6.11. The van der Waals surface area contributed by atoms with Crippen LogP contribution in [-0.4, -0.2) is 10.1 Å². The second-order valence-corrected chi connectivity index (χ2v) is 7.91. The number of fused-ring (bicyclic) bond motifs is 1. The fourth-order valence-corrected chi connectivity index (χ4v) is 4.24. The Balaban J connectivity index is 1.81. The lowest BCUT2D eigenvalue weighted by Crippen LogP contribution is -2.30. The van der Waals surface area contributed by atoms with Crippen molar-refractivity contribution in [2.45, 2.75) is 13.0 Å². The SMILES string of the molecule is CC1=CSC2=NC(c3ccc(Cl)c(Cl)c3)=CC(c3ccc(Cl)cc3)N12. The second-order valence-electron chi connectivity index (χ2n) is 5.82. The molecule has 2 heterocycles. The zero-order chi connectivity index (χ0) is 17.6. The number of thioether (sulfide) groups is 1. The Labute approximate surface area is 165 Å². The van der Waals surface area contributed by atoms with Gasteiger partial charge in [0, 0.05) is 16.3 Å². The molecule has 0 saturated carbocycles. The Kier molecular flexibility index (Phi) is 4.59. The highest BCUT2D eigenvalue weighted by Gasteiger charge is 2.31. The van der Waals surface area contributed by atoms with Crippen molar-refractivity contribution in [1.29, 1.82) is 0 Å². The molecule has 25 heavy (non-hydrogen) atoms. The highest BCUT2D eigenvalue weighted by molar-refractivity contribution is 8.16. The van der Waals surface area contributed by atoms with Crippen LogP contribution in [0.15, 0.2) is 64.6 Å². The molecule has 2 nitrogen and oxygen atoms in total. The summed E-state index contributed by atoms with van der Waals surface area (Å²) in [6.45, 7) is 2.09. The van der Waals surface area contributed by atoms with E-state index in [4.69, 9.17) is 39.8 Å². The number of benzene rings is 2. The van der Waals surface area contributed by atoms with E-state index in [1.54, 1.807) is 17.8 Å². The largest absolute Gasteiger partial charge is 0.313 e. The molecule has 126 valence electrons. The quantitative estimate of drug-likeness (QED) is 0.532. The summed E-state index contributed by atoms with van der Waals surface area (Å²) in [4.78, 5) is 7.05. The Hall–Kier alpha value is -1.39. The monoisotopic (exact) mass is 406 g/mol. The third kappa shape index (κ3) is 3.22. The molecule has 0 amide bonds. The van der Waals surface area contributed by atoms with Crippen LogP contribution in [0.5, 0.6) is 0 Å². The molecule has 0 aromatic heterocycles. The second kappa shape index (κ2) is 6.73. The number of allylic oxidation sites excluding steroid dienone is 1. The lowest BCUT2D eigenvalue weighted by molar-refractivity contribution is 0.456. The molecule has 0 bridgehead atoms. The molecule has 1 atom stereocenters. The summed E-state index contributed by atoms with van der Waals surface area (Å²) in [7, 11) is 0. The standard InChI is InChI=1S/C19H13Cl3N2S/c1-11-10-25-19-23-17(13-4-7-15(21)16(22)8-13)9-18(24(11)19)12-2-5-14(20)6-3-12/h2-10,18H,1H3. The van der Waals surface area contributed by atoms with Crippen LogP contribution < -0.4 is 0 Å². The Morgan fingerprint density at radius 2 is 1.76 bits per heavy atom. The summed E-state index contributed by atoms with van der Waals surface area (Å²) >= 11 is 19.9.